The maximum Gasteiger partial charge on any atom is 0.425 e. The molecule has 0 amide bonds. The van der Waals surface area contributed by atoms with Crippen LogP contribution < -0.4 is 0 Å². The summed E-state index contributed by atoms with van der Waals surface area (Å²) in [6.45, 7) is 7.98. The molecule has 0 aromatic heterocycles. The fourth-order valence-electron chi connectivity index (χ4n) is 2.82. The Kier molecular flexibility index (Phi) is 8.84. The van der Waals surface area contributed by atoms with Crippen LogP contribution in [0, 0.1) is 10.8 Å². The van der Waals surface area contributed by atoms with E-state index in [9.17, 15) is 41.0 Å². The molecule has 0 aromatic rings. The third-order valence-corrected chi connectivity index (χ3v) is 5.01. The zero-order valence-corrected chi connectivity index (χ0v) is 18.1. The summed E-state index contributed by atoms with van der Waals surface area (Å²) in [6, 6.07) is 0. The third kappa shape index (κ3) is 7.63. The third-order valence-electron chi connectivity index (χ3n) is 5.01. The van der Waals surface area contributed by atoms with E-state index in [0.29, 0.717) is 13.8 Å². The van der Waals surface area contributed by atoms with Gasteiger partial charge in [0.25, 0.3) is 0 Å². The Morgan fingerprint density at radius 2 is 1.37 bits per heavy atom. The first-order valence-corrected chi connectivity index (χ1v) is 9.37. The monoisotopic (exact) mass is 452 g/mol. The molecule has 0 aliphatic carbocycles. The first-order valence-electron chi connectivity index (χ1n) is 9.37. The van der Waals surface area contributed by atoms with Crippen molar-refractivity contribution in [1.29, 1.82) is 0 Å². The zero-order chi connectivity index (χ0) is 24.3. The van der Waals surface area contributed by atoms with E-state index in [2.05, 4.69) is 4.74 Å². The number of esters is 2. The van der Waals surface area contributed by atoms with E-state index < -0.39 is 59.4 Å². The topological polar surface area (TPSA) is 72.8 Å². The van der Waals surface area contributed by atoms with E-state index in [1.807, 2.05) is 0 Å². The van der Waals surface area contributed by atoms with Gasteiger partial charge in [-0.25, -0.2) is 0 Å². The lowest BCUT2D eigenvalue weighted by Gasteiger charge is -2.36. The number of halogens is 6. The van der Waals surface area contributed by atoms with Gasteiger partial charge in [-0.3, -0.25) is 9.59 Å². The first kappa shape index (κ1) is 28.5. The minimum absolute atomic E-state index is 0.0970. The molecule has 0 bridgehead atoms. The highest BCUT2D eigenvalue weighted by molar-refractivity contribution is 5.80. The number of hydrogen-bond acceptors (Lipinski definition) is 5. The minimum Gasteiger partial charge on any atom is -0.462 e. The molecule has 0 aromatic carbocycles. The van der Waals surface area contributed by atoms with E-state index in [1.165, 1.54) is 27.7 Å². The quantitative estimate of drug-likeness (QED) is 0.396. The molecule has 0 spiro atoms. The second kappa shape index (κ2) is 9.32. The summed E-state index contributed by atoms with van der Waals surface area (Å²) < 4.78 is 85.9. The molecule has 11 heteroatoms. The molecule has 4 atom stereocenters. The molecule has 0 fully saturated rings. The highest BCUT2D eigenvalue weighted by Crippen LogP contribution is 2.40. The molecule has 0 rings (SSSR count). The molecule has 0 saturated heterocycles. The largest absolute Gasteiger partial charge is 0.462 e. The van der Waals surface area contributed by atoms with Gasteiger partial charge in [0, 0.05) is 6.42 Å². The van der Waals surface area contributed by atoms with E-state index >= 15 is 0 Å². The van der Waals surface area contributed by atoms with Gasteiger partial charge in [0.15, 0.2) is 11.7 Å². The van der Waals surface area contributed by atoms with Crippen molar-refractivity contribution < 1.29 is 50.5 Å². The van der Waals surface area contributed by atoms with Gasteiger partial charge < -0.3 is 14.6 Å². The fraction of sp³-hybridized carbons (Fsp3) is 0.895. The van der Waals surface area contributed by atoms with Crippen molar-refractivity contribution in [3.8, 4) is 0 Å². The zero-order valence-electron chi connectivity index (χ0n) is 18.1. The lowest BCUT2D eigenvalue weighted by Crippen LogP contribution is -2.46. The molecular formula is C19H30F6O5. The Labute approximate surface area is 172 Å². The molecule has 0 aliphatic heterocycles. The highest BCUT2D eigenvalue weighted by atomic mass is 19.4. The Morgan fingerprint density at radius 3 is 1.73 bits per heavy atom. The van der Waals surface area contributed by atoms with Crippen LogP contribution in [0.1, 0.15) is 67.7 Å². The molecule has 0 radical (unpaired) electrons. The lowest BCUT2D eigenvalue weighted by molar-refractivity contribution is -0.261. The van der Waals surface area contributed by atoms with Crippen LogP contribution in [0.15, 0.2) is 0 Å². The van der Waals surface area contributed by atoms with Crippen LogP contribution in [0.3, 0.4) is 0 Å². The summed E-state index contributed by atoms with van der Waals surface area (Å²) in [6.07, 6.45) is -14.4. The van der Waals surface area contributed by atoms with Crippen molar-refractivity contribution in [2.24, 2.45) is 10.8 Å². The number of ether oxygens (including phenoxy) is 2. The predicted octanol–water partition coefficient (Wildman–Crippen LogP) is 4.95. The van der Waals surface area contributed by atoms with Crippen molar-refractivity contribution in [2.75, 3.05) is 0 Å². The number of hydrogen-bond donors (Lipinski definition) is 1. The number of carbonyl (C=O) groups excluding carboxylic acids is 2. The molecule has 0 heterocycles. The van der Waals surface area contributed by atoms with Crippen molar-refractivity contribution in [2.45, 2.75) is 97.9 Å². The van der Waals surface area contributed by atoms with Crippen LogP contribution >= 0.6 is 0 Å². The van der Waals surface area contributed by atoms with E-state index in [-0.39, 0.29) is 12.8 Å². The van der Waals surface area contributed by atoms with Gasteiger partial charge in [0.2, 0.25) is 0 Å². The number of aliphatic hydroxyl groups is 1. The Balaban J connectivity index is 5.30. The SMILES string of the molecule is CCC(C)(CC(C)(C)C(=O)OC(C)C(F)(F)F)C(=O)OC(C)CC(C)(O)C(F)(F)F. The van der Waals surface area contributed by atoms with Gasteiger partial charge in [-0.2, -0.15) is 26.3 Å². The van der Waals surface area contributed by atoms with Gasteiger partial charge >= 0.3 is 24.3 Å². The summed E-state index contributed by atoms with van der Waals surface area (Å²) in [5.74, 6) is -2.10. The maximum absolute atomic E-state index is 12.8. The standard InChI is InChI=1S/C19H30F6O5/c1-8-16(6,10-15(4,5)13(26)30-12(3)18(20,21)22)14(27)29-11(2)9-17(7,28)19(23,24)25/h11-12,28H,8-10H2,1-7H3. The molecule has 5 nitrogen and oxygen atoms in total. The summed E-state index contributed by atoms with van der Waals surface area (Å²) in [5, 5.41) is 9.53. The molecule has 178 valence electrons. The highest BCUT2D eigenvalue weighted by Gasteiger charge is 2.51. The molecule has 1 N–H and O–H groups in total. The average molecular weight is 452 g/mol. The van der Waals surface area contributed by atoms with Crippen molar-refractivity contribution in [3.63, 3.8) is 0 Å². The summed E-state index contributed by atoms with van der Waals surface area (Å²) >= 11 is 0. The van der Waals surface area contributed by atoms with Crippen LogP contribution in [0.4, 0.5) is 26.3 Å². The van der Waals surface area contributed by atoms with E-state index in [0.717, 1.165) is 0 Å². The van der Waals surface area contributed by atoms with E-state index in [1.54, 1.807) is 6.92 Å². The summed E-state index contributed by atoms with van der Waals surface area (Å²) in [7, 11) is 0. The van der Waals surface area contributed by atoms with Crippen LogP contribution in [0.2, 0.25) is 0 Å². The lowest BCUT2D eigenvalue weighted by atomic mass is 9.72. The van der Waals surface area contributed by atoms with Gasteiger partial charge in [-0.05, 0) is 54.4 Å². The summed E-state index contributed by atoms with van der Waals surface area (Å²) in [5.41, 5.74) is -5.97. The van der Waals surface area contributed by atoms with Gasteiger partial charge in [0.1, 0.15) is 6.10 Å². The normalized spacial score (nSPS) is 19.3. The van der Waals surface area contributed by atoms with Gasteiger partial charge in [-0.1, -0.05) is 6.92 Å². The van der Waals surface area contributed by atoms with Crippen LogP contribution in [-0.4, -0.2) is 47.2 Å². The van der Waals surface area contributed by atoms with Crippen LogP contribution in [-0.2, 0) is 19.1 Å². The minimum atomic E-state index is -4.93. The van der Waals surface area contributed by atoms with Gasteiger partial charge in [-0.15, -0.1) is 0 Å². The molecule has 4 unspecified atom stereocenters. The molecule has 0 saturated carbocycles. The molecule has 30 heavy (non-hydrogen) atoms. The van der Waals surface area contributed by atoms with Crippen molar-refractivity contribution in [3.05, 3.63) is 0 Å². The Morgan fingerprint density at radius 1 is 0.900 bits per heavy atom. The number of carbonyl (C=O) groups is 2. The van der Waals surface area contributed by atoms with Crippen LogP contribution in [0.5, 0.6) is 0 Å². The smallest absolute Gasteiger partial charge is 0.425 e. The maximum atomic E-state index is 12.8. The number of alkyl halides is 6. The first-order chi connectivity index (χ1) is 13.1. The molecular weight excluding hydrogens is 422 g/mol. The van der Waals surface area contributed by atoms with Gasteiger partial charge in [0.05, 0.1) is 10.8 Å². The summed E-state index contributed by atoms with van der Waals surface area (Å²) in [4.78, 5) is 24.8. The predicted molar refractivity (Wildman–Crippen MR) is 95.3 cm³/mol. The second-order valence-electron chi connectivity index (χ2n) is 8.76. The second-order valence-corrected chi connectivity index (χ2v) is 8.76. The van der Waals surface area contributed by atoms with Crippen molar-refractivity contribution >= 4 is 11.9 Å². The average Bonchev–Trinajstić information content (AvgIpc) is 2.51. The number of rotatable bonds is 9. The Hall–Kier alpha value is -1.52. The van der Waals surface area contributed by atoms with Crippen molar-refractivity contribution in [1.82, 2.24) is 0 Å². The fourth-order valence-corrected chi connectivity index (χ4v) is 2.82. The van der Waals surface area contributed by atoms with Crippen LogP contribution in [0.25, 0.3) is 0 Å². The van der Waals surface area contributed by atoms with E-state index in [4.69, 9.17) is 4.74 Å². The molecule has 0 aliphatic rings. The Bertz CT molecular complexity index is 612.